The summed E-state index contributed by atoms with van der Waals surface area (Å²) >= 11 is 1.34. The van der Waals surface area contributed by atoms with Crippen molar-refractivity contribution in [3.05, 3.63) is 76.1 Å². The van der Waals surface area contributed by atoms with E-state index in [2.05, 4.69) is 10.4 Å². The highest BCUT2D eigenvalue weighted by Gasteiger charge is 2.15. The highest BCUT2D eigenvalue weighted by Crippen LogP contribution is 2.33. The molecule has 0 saturated heterocycles. The van der Waals surface area contributed by atoms with Crippen LogP contribution in [0.15, 0.2) is 64.5 Å². The molecule has 0 aliphatic rings. The summed E-state index contributed by atoms with van der Waals surface area (Å²) in [5, 5.41) is 26.5. The SMILES string of the molecule is Cc1ccc(Sc2cc(NC(=O)c3ccn(CC(=O)O)n3)cc([N+](=O)[O-])c2)cc1. The first-order valence-electron chi connectivity index (χ1n) is 8.41. The van der Waals surface area contributed by atoms with Gasteiger partial charge in [0, 0.05) is 33.8 Å². The summed E-state index contributed by atoms with van der Waals surface area (Å²) in [7, 11) is 0. The molecule has 1 amide bonds. The summed E-state index contributed by atoms with van der Waals surface area (Å²) in [5.41, 5.74) is 1.19. The van der Waals surface area contributed by atoms with Gasteiger partial charge in [-0.25, -0.2) is 0 Å². The van der Waals surface area contributed by atoms with Gasteiger partial charge in [-0.15, -0.1) is 0 Å². The molecule has 3 aromatic rings. The molecule has 148 valence electrons. The van der Waals surface area contributed by atoms with Crippen LogP contribution in [-0.2, 0) is 11.3 Å². The number of nitrogens with one attached hydrogen (secondary N) is 1. The number of benzene rings is 2. The fourth-order valence-corrected chi connectivity index (χ4v) is 3.38. The summed E-state index contributed by atoms with van der Waals surface area (Å²) in [6.07, 6.45) is 1.37. The summed E-state index contributed by atoms with van der Waals surface area (Å²) in [6, 6.07) is 13.4. The van der Waals surface area contributed by atoms with Crippen LogP contribution in [0.3, 0.4) is 0 Å². The van der Waals surface area contributed by atoms with Gasteiger partial charge in [0.25, 0.3) is 11.6 Å². The maximum Gasteiger partial charge on any atom is 0.325 e. The molecule has 29 heavy (non-hydrogen) atoms. The van der Waals surface area contributed by atoms with Crippen LogP contribution in [0.5, 0.6) is 0 Å². The van der Waals surface area contributed by atoms with Gasteiger partial charge in [-0.2, -0.15) is 5.10 Å². The second-order valence-electron chi connectivity index (χ2n) is 6.13. The molecular formula is C19H16N4O5S. The lowest BCUT2D eigenvalue weighted by atomic mass is 10.2. The summed E-state index contributed by atoms with van der Waals surface area (Å²) in [5.74, 6) is -1.68. The number of non-ortho nitro benzene ring substituents is 1. The number of anilines is 1. The summed E-state index contributed by atoms with van der Waals surface area (Å²) in [6.45, 7) is 1.59. The summed E-state index contributed by atoms with van der Waals surface area (Å²) in [4.78, 5) is 35.4. The molecule has 2 N–H and O–H groups in total. The number of aryl methyl sites for hydroxylation is 1. The monoisotopic (exact) mass is 412 g/mol. The molecule has 2 aromatic carbocycles. The van der Waals surface area contributed by atoms with E-state index in [0.717, 1.165) is 15.1 Å². The Kier molecular flexibility index (Phi) is 5.93. The zero-order valence-corrected chi connectivity index (χ0v) is 16.0. The van der Waals surface area contributed by atoms with E-state index in [4.69, 9.17) is 5.11 Å². The van der Waals surface area contributed by atoms with Crippen molar-refractivity contribution in [2.24, 2.45) is 0 Å². The van der Waals surface area contributed by atoms with Gasteiger partial charge in [0.05, 0.1) is 4.92 Å². The first-order chi connectivity index (χ1) is 13.8. The van der Waals surface area contributed by atoms with Gasteiger partial charge < -0.3 is 10.4 Å². The number of nitro groups is 1. The zero-order valence-electron chi connectivity index (χ0n) is 15.2. The standard InChI is InChI=1S/C19H16N4O5S/c1-12-2-4-15(5-3-12)29-16-9-13(8-14(10-16)23(27)28)20-19(26)17-6-7-22(21-17)11-18(24)25/h2-10H,11H2,1H3,(H,20,26)(H,24,25). The van der Waals surface area contributed by atoms with E-state index >= 15 is 0 Å². The number of nitro benzene ring substituents is 1. The predicted octanol–water partition coefficient (Wildman–Crippen LogP) is 3.59. The van der Waals surface area contributed by atoms with Crippen LogP contribution < -0.4 is 5.32 Å². The third kappa shape index (κ3) is 5.42. The lowest BCUT2D eigenvalue weighted by Crippen LogP contribution is -2.15. The van der Waals surface area contributed by atoms with Crippen molar-refractivity contribution in [1.82, 2.24) is 9.78 Å². The Morgan fingerprint density at radius 3 is 2.55 bits per heavy atom. The number of hydrogen-bond donors (Lipinski definition) is 2. The van der Waals surface area contributed by atoms with Crippen molar-refractivity contribution in [1.29, 1.82) is 0 Å². The molecule has 0 saturated carbocycles. The van der Waals surface area contributed by atoms with E-state index in [-0.39, 0.29) is 23.6 Å². The molecule has 1 heterocycles. The van der Waals surface area contributed by atoms with E-state index in [1.165, 1.54) is 36.2 Å². The predicted molar refractivity (Wildman–Crippen MR) is 106 cm³/mol. The van der Waals surface area contributed by atoms with Crippen LogP contribution in [0.1, 0.15) is 16.1 Å². The average Bonchev–Trinajstić information content (AvgIpc) is 3.11. The number of nitrogens with zero attached hydrogens (tertiary/aromatic N) is 3. The summed E-state index contributed by atoms with van der Waals surface area (Å²) < 4.78 is 1.11. The van der Waals surface area contributed by atoms with E-state index in [9.17, 15) is 19.7 Å². The van der Waals surface area contributed by atoms with E-state index in [1.807, 2.05) is 31.2 Å². The van der Waals surface area contributed by atoms with Crippen LogP contribution in [0, 0.1) is 17.0 Å². The number of rotatable bonds is 7. The number of carboxylic acids is 1. The second-order valence-corrected chi connectivity index (χ2v) is 7.28. The molecule has 0 spiro atoms. The second kappa shape index (κ2) is 8.57. The van der Waals surface area contributed by atoms with E-state index < -0.39 is 16.8 Å². The Hall–Kier alpha value is -3.66. The van der Waals surface area contributed by atoms with Crippen molar-refractivity contribution in [3.63, 3.8) is 0 Å². The minimum absolute atomic E-state index is 0.00509. The minimum Gasteiger partial charge on any atom is -0.480 e. The quantitative estimate of drug-likeness (QED) is 0.448. The third-order valence-electron chi connectivity index (χ3n) is 3.79. The highest BCUT2D eigenvalue weighted by atomic mass is 32.2. The normalized spacial score (nSPS) is 10.5. The number of amides is 1. The molecule has 0 fully saturated rings. The molecule has 0 bridgehead atoms. The van der Waals surface area contributed by atoms with Crippen LogP contribution in [0.4, 0.5) is 11.4 Å². The zero-order chi connectivity index (χ0) is 21.0. The van der Waals surface area contributed by atoms with Gasteiger partial charge in [0.1, 0.15) is 6.54 Å². The first kappa shape index (κ1) is 20.1. The van der Waals surface area contributed by atoms with Crippen molar-refractivity contribution < 1.29 is 19.6 Å². The van der Waals surface area contributed by atoms with Crippen LogP contribution in [0.25, 0.3) is 0 Å². The van der Waals surface area contributed by atoms with Gasteiger partial charge in [-0.3, -0.25) is 24.4 Å². The number of carbonyl (C=O) groups excluding carboxylic acids is 1. The van der Waals surface area contributed by atoms with Crippen molar-refractivity contribution in [3.8, 4) is 0 Å². The number of carbonyl (C=O) groups is 2. The number of carboxylic acid groups (broad SMARTS) is 1. The van der Waals surface area contributed by atoms with Gasteiger partial charge in [0.2, 0.25) is 0 Å². The molecular weight excluding hydrogens is 396 g/mol. The lowest BCUT2D eigenvalue weighted by molar-refractivity contribution is -0.385. The topological polar surface area (TPSA) is 127 Å². The van der Waals surface area contributed by atoms with Crippen molar-refractivity contribution >= 4 is 35.0 Å². The number of hydrogen-bond acceptors (Lipinski definition) is 6. The van der Waals surface area contributed by atoms with E-state index in [1.54, 1.807) is 6.07 Å². The average molecular weight is 412 g/mol. The molecule has 3 rings (SSSR count). The fraction of sp³-hybridized carbons (Fsp3) is 0.105. The molecule has 0 aliphatic heterocycles. The molecule has 0 aliphatic carbocycles. The molecule has 0 atom stereocenters. The maximum atomic E-state index is 12.4. The maximum absolute atomic E-state index is 12.4. The molecule has 0 unspecified atom stereocenters. The molecule has 10 heteroatoms. The van der Waals surface area contributed by atoms with Gasteiger partial charge in [0.15, 0.2) is 5.69 Å². The van der Waals surface area contributed by atoms with Gasteiger partial charge >= 0.3 is 5.97 Å². The largest absolute Gasteiger partial charge is 0.480 e. The Bertz CT molecular complexity index is 1080. The first-order valence-corrected chi connectivity index (χ1v) is 9.22. The van der Waals surface area contributed by atoms with Crippen LogP contribution in [0.2, 0.25) is 0 Å². The Morgan fingerprint density at radius 2 is 1.90 bits per heavy atom. The van der Waals surface area contributed by atoms with Crippen LogP contribution in [-0.4, -0.2) is 31.7 Å². The number of aliphatic carboxylic acids is 1. The Morgan fingerprint density at radius 1 is 1.17 bits per heavy atom. The smallest absolute Gasteiger partial charge is 0.325 e. The van der Waals surface area contributed by atoms with Gasteiger partial charge in [-0.05, 0) is 31.2 Å². The Labute approximate surface area is 169 Å². The molecule has 0 radical (unpaired) electrons. The number of aromatic nitrogens is 2. The molecule has 1 aromatic heterocycles. The minimum atomic E-state index is -1.09. The Balaban J connectivity index is 1.82. The van der Waals surface area contributed by atoms with Crippen molar-refractivity contribution in [2.45, 2.75) is 23.3 Å². The third-order valence-corrected chi connectivity index (χ3v) is 4.77. The molecule has 9 nitrogen and oxygen atoms in total. The highest BCUT2D eigenvalue weighted by molar-refractivity contribution is 7.99. The fourth-order valence-electron chi connectivity index (χ4n) is 2.47. The van der Waals surface area contributed by atoms with Gasteiger partial charge in [-0.1, -0.05) is 29.5 Å². The van der Waals surface area contributed by atoms with E-state index in [0.29, 0.717) is 4.90 Å². The van der Waals surface area contributed by atoms with Crippen LogP contribution >= 0.6 is 11.8 Å². The lowest BCUT2D eigenvalue weighted by Gasteiger charge is -2.07. The van der Waals surface area contributed by atoms with Crippen molar-refractivity contribution in [2.75, 3.05) is 5.32 Å².